The average molecular weight is 603 g/mol. The molecule has 0 spiro atoms. The van der Waals surface area contributed by atoms with E-state index in [0.29, 0.717) is 0 Å². The largest absolute Gasteiger partial charge is 0.510 e. The number of aromatic nitrogens is 4. The zero-order chi connectivity index (χ0) is 30.5. The molecule has 41 heavy (non-hydrogen) atoms. The van der Waals surface area contributed by atoms with Crippen LogP contribution in [0.3, 0.4) is 0 Å². The van der Waals surface area contributed by atoms with Crippen LogP contribution in [0.1, 0.15) is 47.3 Å². The third-order valence-corrected chi connectivity index (χ3v) is 7.14. The van der Waals surface area contributed by atoms with Crippen molar-refractivity contribution in [2.24, 2.45) is 0 Å². The Balaban J connectivity index is 1.79. The molecule has 1 aliphatic heterocycles. The Morgan fingerprint density at radius 3 is 2.61 bits per heavy atom. The number of hydrogen-bond donors (Lipinski definition) is 3. The van der Waals surface area contributed by atoms with E-state index in [1.54, 1.807) is 27.7 Å². The van der Waals surface area contributed by atoms with E-state index in [9.17, 15) is 23.7 Å². The van der Waals surface area contributed by atoms with Crippen molar-refractivity contribution in [1.82, 2.24) is 24.6 Å². The molecule has 0 radical (unpaired) electrons. The summed E-state index contributed by atoms with van der Waals surface area (Å²) in [5.74, 6) is 1.31. The molecular formula is C23H32FN6O10P. The summed E-state index contributed by atoms with van der Waals surface area (Å²) in [6.45, 7) is 6.12. The van der Waals surface area contributed by atoms with Crippen LogP contribution in [-0.2, 0) is 37.4 Å². The average Bonchev–Trinajstić information content (AvgIpc) is 3.43. The zero-order valence-electron chi connectivity index (χ0n) is 23.0. The van der Waals surface area contributed by atoms with Crippen LogP contribution < -0.4 is 10.8 Å². The number of nitrogens with zero attached hydrogens (tertiary/aromatic N) is 4. The molecule has 3 rings (SSSR count). The lowest BCUT2D eigenvalue weighted by atomic mass is 9.99. The van der Waals surface area contributed by atoms with Crippen molar-refractivity contribution in [1.29, 1.82) is 0 Å². The number of nitrogen functional groups attached to an aromatic ring is 1. The standard InChI is InChI=1S/C23H32FN6O10P/c1-7-23(15(31)8-16(40-23)30-10-26-17-18(25)27-21(24)28-19(17)30)9-36-41(34,29-14(6)20(32)38-12(2)3)37-11-35-22(33)39-13(4)5/h1,10,12-16,31H,8-9,11H2,2-6H3,(H,29,34)(H2,25,27,28)/t14-,15-,16+,23+,41+/m0/s1. The van der Waals surface area contributed by atoms with Gasteiger partial charge < -0.3 is 29.8 Å². The van der Waals surface area contributed by atoms with Crippen molar-refractivity contribution in [3.63, 3.8) is 0 Å². The number of carbonyl (C=O) groups is 2. The summed E-state index contributed by atoms with van der Waals surface area (Å²) >= 11 is 0. The summed E-state index contributed by atoms with van der Waals surface area (Å²) in [6, 6.07) is -1.22. The van der Waals surface area contributed by atoms with Crippen molar-refractivity contribution >= 4 is 36.9 Å². The first-order chi connectivity index (χ1) is 19.2. The number of nitrogens with two attached hydrogens (primary N) is 1. The Morgan fingerprint density at radius 1 is 1.29 bits per heavy atom. The number of esters is 1. The molecule has 5 atom stereocenters. The van der Waals surface area contributed by atoms with Crippen molar-refractivity contribution < 1.29 is 51.6 Å². The number of rotatable bonds is 12. The fourth-order valence-electron chi connectivity index (χ4n) is 3.63. The fourth-order valence-corrected chi connectivity index (χ4v) is 4.99. The maximum absolute atomic E-state index is 13.8. The lowest BCUT2D eigenvalue weighted by Gasteiger charge is -2.29. The minimum atomic E-state index is -4.51. The van der Waals surface area contributed by atoms with Gasteiger partial charge in [-0.25, -0.2) is 19.4 Å². The first-order valence-corrected chi connectivity index (χ1v) is 13.9. The van der Waals surface area contributed by atoms with Crippen LogP contribution in [0.25, 0.3) is 11.2 Å². The molecule has 0 saturated carbocycles. The van der Waals surface area contributed by atoms with Gasteiger partial charge >= 0.3 is 25.9 Å². The van der Waals surface area contributed by atoms with Gasteiger partial charge in [0.05, 0.1) is 18.5 Å². The Kier molecular flexibility index (Phi) is 10.2. The number of halogens is 1. The zero-order valence-corrected chi connectivity index (χ0v) is 23.9. The summed E-state index contributed by atoms with van der Waals surface area (Å²) in [5.41, 5.74) is 3.89. The van der Waals surface area contributed by atoms with Crippen molar-refractivity contribution in [3.05, 3.63) is 12.4 Å². The third-order valence-electron chi connectivity index (χ3n) is 5.52. The molecule has 16 nitrogen and oxygen atoms in total. The van der Waals surface area contributed by atoms with E-state index < -0.39 is 75.5 Å². The molecule has 18 heteroatoms. The molecule has 4 N–H and O–H groups in total. The number of terminal acetylenes is 1. The molecule has 1 saturated heterocycles. The molecule has 1 aliphatic rings. The van der Waals surface area contributed by atoms with E-state index >= 15 is 0 Å². The van der Waals surface area contributed by atoms with E-state index in [2.05, 4.69) is 26.0 Å². The lowest BCUT2D eigenvalue weighted by Crippen LogP contribution is -2.43. The first kappa shape index (κ1) is 32.1. The Hall–Kier alpha value is -3.39. The molecule has 2 aromatic rings. The number of hydrogen-bond acceptors (Lipinski definition) is 14. The highest BCUT2D eigenvalue weighted by molar-refractivity contribution is 7.51. The number of aliphatic hydroxyl groups excluding tert-OH is 1. The monoisotopic (exact) mass is 602 g/mol. The van der Waals surface area contributed by atoms with E-state index in [0.717, 1.165) is 0 Å². The molecular weight excluding hydrogens is 570 g/mol. The number of aliphatic hydroxyl groups is 1. The molecule has 0 aromatic carbocycles. The summed E-state index contributed by atoms with van der Waals surface area (Å²) in [4.78, 5) is 35.2. The van der Waals surface area contributed by atoms with E-state index in [-0.39, 0.29) is 23.4 Å². The highest BCUT2D eigenvalue weighted by Gasteiger charge is 2.50. The smallest absolute Gasteiger partial charge is 0.462 e. The van der Waals surface area contributed by atoms with Crippen molar-refractivity contribution in [3.8, 4) is 12.3 Å². The molecule has 226 valence electrons. The first-order valence-electron chi connectivity index (χ1n) is 12.4. The van der Waals surface area contributed by atoms with Gasteiger partial charge in [0.25, 0.3) is 0 Å². The molecule has 1 fully saturated rings. The second-order valence-electron chi connectivity index (χ2n) is 9.47. The van der Waals surface area contributed by atoms with Crippen LogP contribution in [-0.4, -0.2) is 80.1 Å². The van der Waals surface area contributed by atoms with Gasteiger partial charge in [-0.1, -0.05) is 5.92 Å². The normalized spacial score (nSPS) is 22.8. The van der Waals surface area contributed by atoms with Crippen molar-refractivity contribution in [2.75, 3.05) is 19.1 Å². The van der Waals surface area contributed by atoms with Gasteiger partial charge in [-0.3, -0.25) is 18.4 Å². The summed E-state index contributed by atoms with van der Waals surface area (Å²) in [7, 11) is -4.51. The predicted molar refractivity (Wildman–Crippen MR) is 138 cm³/mol. The molecule has 0 unspecified atom stereocenters. The van der Waals surface area contributed by atoms with Gasteiger partial charge in [0.15, 0.2) is 22.6 Å². The number of imidazole rings is 1. The molecule has 0 aliphatic carbocycles. The highest BCUT2D eigenvalue weighted by atomic mass is 31.2. The van der Waals surface area contributed by atoms with E-state index in [4.69, 9.17) is 40.2 Å². The third kappa shape index (κ3) is 7.88. The SMILES string of the molecule is C#C[C@]1(CO[P@](=O)(N[C@@H](C)C(=O)OC(C)C)OCOC(=O)OC(C)C)O[C@@H](n2cnc3c(N)nc(F)nc32)C[C@@H]1O. The van der Waals surface area contributed by atoms with Gasteiger partial charge in [-0.15, -0.1) is 6.42 Å². The summed E-state index contributed by atoms with van der Waals surface area (Å²) in [6.07, 6.45) is 1.23. The quantitative estimate of drug-likeness (QED) is 0.104. The van der Waals surface area contributed by atoms with Crippen LogP contribution in [0.15, 0.2) is 6.33 Å². The molecule has 3 heterocycles. The second kappa shape index (κ2) is 13.1. The van der Waals surface area contributed by atoms with Gasteiger partial charge in [0.1, 0.15) is 25.0 Å². The van der Waals surface area contributed by atoms with E-state index in [1.165, 1.54) is 17.8 Å². The Labute approximate surface area is 234 Å². The molecule has 2 aromatic heterocycles. The topological polar surface area (TPSA) is 208 Å². The van der Waals surface area contributed by atoms with Gasteiger partial charge in [-0.05, 0) is 34.6 Å². The van der Waals surface area contributed by atoms with Gasteiger partial charge in [0.2, 0.25) is 6.79 Å². The number of fused-ring (bicyclic) bond motifs is 1. The fraction of sp³-hybridized carbons (Fsp3) is 0.609. The van der Waals surface area contributed by atoms with Crippen LogP contribution >= 0.6 is 7.75 Å². The number of anilines is 1. The minimum Gasteiger partial charge on any atom is -0.462 e. The number of carbonyl (C=O) groups excluding carboxylic acids is 2. The Morgan fingerprint density at radius 2 is 1.98 bits per heavy atom. The molecule has 0 bridgehead atoms. The second-order valence-corrected chi connectivity index (χ2v) is 11.2. The Bertz CT molecular complexity index is 1350. The highest BCUT2D eigenvalue weighted by Crippen LogP contribution is 2.47. The van der Waals surface area contributed by atoms with Crippen LogP contribution in [0.4, 0.5) is 15.0 Å². The maximum atomic E-state index is 13.8. The maximum Gasteiger partial charge on any atom is 0.510 e. The minimum absolute atomic E-state index is 0.0143. The van der Waals surface area contributed by atoms with Crippen molar-refractivity contribution in [2.45, 2.75) is 77.2 Å². The van der Waals surface area contributed by atoms with Crippen LogP contribution in [0, 0.1) is 18.4 Å². The summed E-state index contributed by atoms with van der Waals surface area (Å²) < 4.78 is 60.0. The van der Waals surface area contributed by atoms with Gasteiger partial charge in [-0.2, -0.15) is 14.4 Å². The summed E-state index contributed by atoms with van der Waals surface area (Å²) in [5, 5.41) is 13.2. The molecule has 0 amide bonds. The number of ether oxygens (including phenoxy) is 4. The van der Waals surface area contributed by atoms with Crippen LogP contribution in [0.2, 0.25) is 0 Å². The van der Waals surface area contributed by atoms with Gasteiger partial charge in [0, 0.05) is 6.42 Å². The van der Waals surface area contributed by atoms with Crippen LogP contribution in [0.5, 0.6) is 0 Å². The lowest BCUT2D eigenvalue weighted by molar-refractivity contribution is -0.149. The van der Waals surface area contributed by atoms with E-state index in [1.807, 2.05) is 0 Å². The number of nitrogens with one attached hydrogen (secondary N) is 1. The predicted octanol–water partition coefficient (Wildman–Crippen LogP) is 1.79.